The van der Waals surface area contributed by atoms with Crippen molar-refractivity contribution in [3.05, 3.63) is 33.4 Å². The summed E-state index contributed by atoms with van der Waals surface area (Å²) in [6, 6.07) is 3.85. The number of ether oxygens (including phenoxy) is 1. The molecule has 0 spiro atoms. The molecule has 26 heavy (non-hydrogen) atoms. The van der Waals surface area contributed by atoms with Crippen LogP contribution in [0.5, 0.6) is 5.75 Å². The largest absolute Gasteiger partial charge is 0.490 e. The van der Waals surface area contributed by atoms with E-state index in [2.05, 4.69) is 18.1 Å². The van der Waals surface area contributed by atoms with Crippen molar-refractivity contribution >= 4 is 11.4 Å². The van der Waals surface area contributed by atoms with E-state index in [-0.39, 0.29) is 16.0 Å². The molecule has 1 aromatic carbocycles. The van der Waals surface area contributed by atoms with Crippen LogP contribution in [0.3, 0.4) is 0 Å². The summed E-state index contributed by atoms with van der Waals surface area (Å²) in [4.78, 5) is 16.5. The molecule has 3 aliphatic rings. The smallest absolute Gasteiger partial charge is 0.314 e. The minimum atomic E-state index is -0.274. The lowest BCUT2D eigenvalue weighted by molar-refractivity contribution is -0.386. The van der Waals surface area contributed by atoms with Crippen LogP contribution in [0.15, 0.2) is 17.3 Å². The summed E-state index contributed by atoms with van der Waals surface area (Å²) in [6.45, 7) is 2.34. The predicted octanol–water partition coefficient (Wildman–Crippen LogP) is 4.46. The number of nitro benzene ring substituents is 1. The molecule has 0 heterocycles. The number of benzene rings is 1. The van der Waals surface area contributed by atoms with E-state index >= 15 is 0 Å². The van der Waals surface area contributed by atoms with Crippen LogP contribution in [0.25, 0.3) is 0 Å². The van der Waals surface area contributed by atoms with Gasteiger partial charge in [-0.05, 0) is 67.9 Å². The molecular formula is C20H26N2O4. The Bertz CT molecular complexity index is 775. The third-order valence-electron chi connectivity index (χ3n) is 7.19. The molecule has 6 nitrogen and oxygen atoms in total. The lowest BCUT2D eigenvalue weighted by atomic mass is 9.55. The van der Waals surface area contributed by atoms with Gasteiger partial charge in [0.1, 0.15) is 7.11 Å². The van der Waals surface area contributed by atoms with Crippen LogP contribution in [0.4, 0.5) is 5.69 Å². The maximum atomic E-state index is 11.7. The Labute approximate surface area is 153 Å². The first kappa shape index (κ1) is 17.3. The SMILES string of the molecule is CO/N=C1/CCC2C3CCc4c(ccc(OC)c4[N+](=O)[O-])C3CCC12C. The van der Waals surface area contributed by atoms with Gasteiger partial charge in [-0.25, -0.2) is 0 Å². The Balaban J connectivity index is 1.73. The van der Waals surface area contributed by atoms with Gasteiger partial charge in [0.15, 0.2) is 5.75 Å². The Kier molecular flexibility index (Phi) is 4.16. The van der Waals surface area contributed by atoms with Gasteiger partial charge in [-0.1, -0.05) is 18.1 Å². The zero-order valence-electron chi connectivity index (χ0n) is 15.7. The van der Waals surface area contributed by atoms with Crippen LogP contribution >= 0.6 is 0 Å². The summed E-state index contributed by atoms with van der Waals surface area (Å²) in [6.07, 6.45) is 6.04. The van der Waals surface area contributed by atoms with E-state index in [1.165, 1.54) is 18.4 Å². The van der Waals surface area contributed by atoms with Gasteiger partial charge in [0, 0.05) is 11.0 Å². The maximum Gasteiger partial charge on any atom is 0.314 e. The highest BCUT2D eigenvalue weighted by Crippen LogP contribution is 2.60. The molecule has 0 bridgehead atoms. The van der Waals surface area contributed by atoms with E-state index in [9.17, 15) is 10.1 Å². The average Bonchev–Trinajstić information content (AvgIpc) is 2.97. The van der Waals surface area contributed by atoms with Gasteiger partial charge in [-0.15, -0.1) is 0 Å². The molecule has 0 radical (unpaired) electrons. The van der Waals surface area contributed by atoms with E-state index in [0.29, 0.717) is 23.5 Å². The highest BCUT2D eigenvalue weighted by Gasteiger charge is 2.54. The van der Waals surface area contributed by atoms with Crippen molar-refractivity contribution in [3.63, 3.8) is 0 Å². The Morgan fingerprint density at radius 2 is 2.04 bits per heavy atom. The van der Waals surface area contributed by atoms with Crippen LogP contribution in [-0.4, -0.2) is 24.9 Å². The molecule has 2 fully saturated rings. The van der Waals surface area contributed by atoms with E-state index in [4.69, 9.17) is 9.57 Å². The van der Waals surface area contributed by atoms with Gasteiger partial charge in [-0.3, -0.25) is 10.1 Å². The number of nitro groups is 1. The summed E-state index contributed by atoms with van der Waals surface area (Å²) < 4.78 is 5.26. The fourth-order valence-corrected chi connectivity index (χ4v) is 6.04. The highest BCUT2D eigenvalue weighted by molar-refractivity contribution is 5.92. The van der Waals surface area contributed by atoms with Gasteiger partial charge in [0.25, 0.3) is 0 Å². The van der Waals surface area contributed by atoms with E-state index in [0.717, 1.165) is 44.1 Å². The van der Waals surface area contributed by atoms with Gasteiger partial charge in [0.2, 0.25) is 0 Å². The second kappa shape index (κ2) is 6.25. The number of oxime groups is 1. The topological polar surface area (TPSA) is 74.0 Å². The van der Waals surface area contributed by atoms with E-state index in [1.54, 1.807) is 13.2 Å². The third kappa shape index (κ3) is 2.34. The monoisotopic (exact) mass is 358 g/mol. The molecule has 3 aliphatic carbocycles. The van der Waals surface area contributed by atoms with Crippen molar-refractivity contribution < 1.29 is 14.5 Å². The van der Waals surface area contributed by atoms with Gasteiger partial charge >= 0.3 is 5.69 Å². The number of hydrogen-bond donors (Lipinski definition) is 0. The Morgan fingerprint density at radius 1 is 1.23 bits per heavy atom. The van der Waals surface area contributed by atoms with Crippen molar-refractivity contribution in [2.24, 2.45) is 22.4 Å². The number of nitrogens with zero attached hydrogens (tertiary/aromatic N) is 2. The fraction of sp³-hybridized carbons (Fsp3) is 0.650. The van der Waals surface area contributed by atoms with Crippen molar-refractivity contribution in [1.82, 2.24) is 0 Å². The second-order valence-corrected chi connectivity index (χ2v) is 8.07. The quantitative estimate of drug-likeness (QED) is 0.590. The molecule has 1 aromatic rings. The third-order valence-corrected chi connectivity index (χ3v) is 7.19. The summed E-state index contributed by atoms with van der Waals surface area (Å²) >= 11 is 0. The lowest BCUT2D eigenvalue weighted by Crippen LogP contribution is -2.42. The van der Waals surface area contributed by atoms with Gasteiger partial charge < -0.3 is 9.57 Å². The zero-order chi connectivity index (χ0) is 18.5. The molecule has 4 atom stereocenters. The summed E-state index contributed by atoms with van der Waals surface area (Å²) in [5.74, 6) is 1.94. The van der Waals surface area contributed by atoms with E-state index < -0.39 is 0 Å². The normalized spacial score (nSPS) is 34.0. The van der Waals surface area contributed by atoms with Crippen LogP contribution in [0.1, 0.15) is 56.1 Å². The van der Waals surface area contributed by atoms with Crippen LogP contribution < -0.4 is 4.74 Å². The molecular weight excluding hydrogens is 332 g/mol. The second-order valence-electron chi connectivity index (χ2n) is 8.07. The Hall–Kier alpha value is -2.11. The number of rotatable bonds is 3. The first-order valence-corrected chi connectivity index (χ1v) is 9.46. The molecule has 140 valence electrons. The predicted molar refractivity (Wildman–Crippen MR) is 98.7 cm³/mol. The molecule has 4 unspecified atom stereocenters. The van der Waals surface area contributed by atoms with Crippen molar-refractivity contribution in [1.29, 1.82) is 0 Å². The summed E-state index contributed by atoms with van der Waals surface area (Å²) in [7, 11) is 3.13. The molecule has 0 saturated heterocycles. The molecule has 0 aromatic heterocycles. The van der Waals surface area contributed by atoms with Crippen molar-refractivity contribution in [2.75, 3.05) is 14.2 Å². The number of hydrogen-bond acceptors (Lipinski definition) is 5. The van der Waals surface area contributed by atoms with Gasteiger partial charge in [-0.2, -0.15) is 0 Å². The molecule has 6 heteroatoms. The average molecular weight is 358 g/mol. The molecule has 0 amide bonds. The molecule has 2 saturated carbocycles. The first-order valence-electron chi connectivity index (χ1n) is 9.46. The Morgan fingerprint density at radius 3 is 2.73 bits per heavy atom. The molecule has 0 aliphatic heterocycles. The minimum absolute atomic E-state index is 0.118. The zero-order valence-corrected chi connectivity index (χ0v) is 15.7. The maximum absolute atomic E-state index is 11.7. The fourth-order valence-electron chi connectivity index (χ4n) is 6.04. The van der Waals surface area contributed by atoms with Crippen LogP contribution in [0, 0.1) is 27.4 Å². The minimum Gasteiger partial charge on any atom is -0.490 e. The lowest BCUT2D eigenvalue weighted by Gasteiger charge is -2.48. The van der Waals surface area contributed by atoms with Crippen LogP contribution in [-0.2, 0) is 11.3 Å². The van der Waals surface area contributed by atoms with E-state index in [1.807, 2.05) is 0 Å². The van der Waals surface area contributed by atoms with Gasteiger partial charge in [0.05, 0.1) is 17.7 Å². The van der Waals surface area contributed by atoms with Crippen molar-refractivity contribution in [3.8, 4) is 5.75 Å². The highest BCUT2D eigenvalue weighted by atomic mass is 16.6. The molecule has 0 N–H and O–H groups in total. The molecule has 4 rings (SSSR count). The standard InChI is InChI=1S/C20H26N2O4/c1-20-11-10-13-12-6-8-17(25-2)19(22(23)24)15(12)5-4-14(13)16(20)7-9-18(20)21-26-3/h6,8,13-14,16H,4-5,7,9-11H2,1-3H3/b21-18-. The van der Waals surface area contributed by atoms with Crippen LogP contribution in [0.2, 0.25) is 0 Å². The number of methoxy groups -OCH3 is 1. The summed E-state index contributed by atoms with van der Waals surface area (Å²) in [5.41, 5.74) is 3.56. The summed E-state index contributed by atoms with van der Waals surface area (Å²) in [5, 5.41) is 16.0. The van der Waals surface area contributed by atoms with Crippen molar-refractivity contribution in [2.45, 2.75) is 51.4 Å². The number of fused-ring (bicyclic) bond motifs is 5. The first-order chi connectivity index (χ1) is 12.5.